The van der Waals surface area contributed by atoms with Gasteiger partial charge in [-0.05, 0) is 43.0 Å². The average Bonchev–Trinajstić information content (AvgIpc) is 3.31. The molecule has 0 spiro atoms. The minimum absolute atomic E-state index is 0.121. The van der Waals surface area contributed by atoms with Gasteiger partial charge in [-0.2, -0.15) is 0 Å². The molecule has 134 valence electrons. The number of nitrogens with one attached hydrogen (secondary N) is 1. The van der Waals surface area contributed by atoms with Crippen molar-refractivity contribution in [1.82, 2.24) is 9.97 Å². The number of carbonyl (C=O) groups excluding carboxylic acids is 1. The van der Waals surface area contributed by atoms with E-state index in [9.17, 15) is 4.79 Å². The van der Waals surface area contributed by atoms with Crippen LogP contribution in [0.4, 0.5) is 5.13 Å². The first-order valence-corrected chi connectivity index (χ1v) is 9.71. The highest BCUT2D eigenvalue weighted by Gasteiger charge is 2.24. The molecule has 1 amide bonds. The predicted octanol–water partition coefficient (Wildman–Crippen LogP) is 4.59. The third-order valence-corrected chi connectivity index (χ3v) is 5.90. The van der Waals surface area contributed by atoms with Crippen molar-refractivity contribution in [3.63, 3.8) is 0 Å². The zero-order valence-electron chi connectivity index (χ0n) is 14.8. The number of pyridine rings is 1. The lowest BCUT2D eigenvalue weighted by Gasteiger charge is -2.11. The average molecular weight is 375 g/mol. The van der Waals surface area contributed by atoms with Crippen LogP contribution in [-0.4, -0.2) is 23.0 Å². The zero-order valence-corrected chi connectivity index (χ0v) is 15.6. The quantitative estimate of drug-likeness (QED) is 0.569. The Bertz CT molecular complexity index is 1200. The number of aryl methyl sites for hydroxylation is 1. The summed E-state index contributed by atoms with van der Waals surface area (Å²) >= 11 is 1.45. The molecule has 0 radical (unpaired) electrons. The standard InChI is InChI=1S/C21H17N3O2S/c1-26-16-10-5-11-17-19(16)23-21(27-17)24-20(25)18-12-6-2-3-8-14(12)22-15-9-4-7-13(15)18/h2-3,5-6,8,10-11H,4,7,9H2,1H3,(H,23,24,25). The van der Waals surface area contributed by atoms with E-state index in [0.29, 0.717) is 10.9 Å². The number of carbonyl (C=O) groups is 1. The number of fused-ring (bicyclic) bond motifs is 3. The molecule has 0 fully saturated rings. The van der Waals surface area contributed by atoms with Crippen LogP contribution in [0.25, 0.3) is 21.1 Å². The molecule has 27 heavy (non-hydrogen) atoms. The molecule has 1 aliphatic carbocycles. The monoisotopic (exact) mass is 375 g/mol. The topological polar surface area (TPSA) is 64.1 Å². The second-order valence-corrected chi connectivity index (χ2v) is 7.59. The molecule has 2 aromatic heterocycles. The fourth-order valence-electron chi connectivity index (χ4n) is 3.77. The lowest BCUT2D eigenvalue weighted by Crippen LogP contribution is -2.15. The number of benzene rings is 2. The highest BCUT2D eigenvalue weighted by Crippen LogP contribution is 2.34. The van der Waals surface area contributed by atoms with Crippen molar-refractivity contribution in [2.45, 2.75) is 19.3 Å². The van der Waals surface area contributed by atoms with E-state index in [4.69, 9.17) is 9.72 Å². The van der Waals surface area contributed by atoms with E-state index in [2.05, 4.69) is 10.3 Å². The molecule has 4 aromatic rings. The van der Waals surface area contributed by atoms with Crippen LogP contribution in [0.15, 0.2) is 42.5 Å². The molecule has 5 nitrogen and oxygen atoms in total. The number of ether oxygens (including phenoxy) is 1. The van der Waals surface area contributed by atoms with Gasteiger partial charge in [0.25, 0.3) is 5.91 Å². The second kappa shape index (κ2) is 6.32. The van der Waals surface area contributed by atoms with E-state index in [-0.39, 0.29) is 5.91 Å². The Morgan fingerprint density at radius 1 is 1.11 bits per heavy atom. The van der Waals surface area contributed by atoms with Crippen LogP contribution < -0.4 is 10.1 Å². The van der Waals surface area contributed by atoms with Gasteiger partial charge in [-0.25, -0.2) is 4.98 Å². The minimum atomic E-state index is -0.121. The smallest absolute Gasteiger partial charge is 0.258 e. The first kappa shape index (κ1) is 16.2. The molecule has 0 saturated heterocycles. The second-order valence-electron chi connectivity index (χ2n) is 6.56. The number of para-hydroxylation sites is 2. The number of thiazole rings is 1. The first-order valence-electron chi connectivity index (χ1n) is 8.90. The van der Waals surface area contributed by atoms with Crippen LogP contribution >= 0.6 is 11.3 Å². The summed E-state index contributed by atoms with van der Waals surface area (Å²) in [6, 6.07) is 13.6. The van der Waals surface area contributed by atoms with Crippen molar-refractivity contribution in [3.05, 3.63) is 59.3 Å². The maximum absolute atomic E-state index is 13.2. The van der Waals surface area contributed by atoms with E-state index >= 15 is 0 Å². The van der Waals surface area contributed by atoms with E-state index in [1.807, 2.05) is 42.5 Å². The number of methoxy groups -OCH3 is 1. The molecule has 2 aromatic carbocycles. The summed E-state index contributed by atoms with van der Waals surface area (Å²) in [5, 5.41) is 4.48. The van der Waals surface area contributed by atoms with Crippen LogP contribution in [0.2, 0.25) is 0 Å². The Hall–Kier alpha value is -2.99. The van der Waals surface area contributed by atoms with Gasteiger partial charge < -0.3 is 4.74 Å². The number of anilines is 1. The van der Waals surface area contributed by atoms with Gasteiger partial charge >= 0.3 is 0 Å². The Kier molecular flexibility index (Phi) is 3.79. The number of amides is 1. The highest BCUT2D eigenvalue weighted by atomic mass is 32.1. The molecular formula is C21H17N3O2S. The molecule has 0 atom stereocenters. The van der Waals surface area contributed by atoms with Gasteiger partial charge in [-0.15, -0.1) is 0 Å². The lowest BCUT2D eigenvalue weighted by atomic mass is 10.0. The summed E-state index contributed by atoms with van der Waals surface area (Å²) < 4.78 is 6.35. The van der Waals surface area contributed by atoms with Gasteiger partial charge in [0, 0.05) is 11.1 Å². The van der Waals surface area contributed by atoms with Crippen molar-refractivity contribution in [1.29, 1.82) is 0 Å². The van der Waals surface area contributed by atoms with Crippen LogP contribution in [0, 0.1) is 0 Å². The van der Waals surface area contributed by atoms with Crippen LogP contribution in [0.5, 0.6) is 5.75 Å². The Balaban J connectivity index is 1.59. The summed E-state index contributed by atoms with van der Waals surface area (Å²) in [6.07, 6.45) is 2.86. The van der Waals surface area contributed by atoms with E-state index in [1.54, 1.807) is 7.11 Å². The summed E-state index contributed by atoms with van der Waals surface area (Å²) in [6.45, 7) is 0. The largest absolute Gasteiger partial charge is 0.494 e. The molecule has 0 saturated carbocycles. The van der Waals surface area contributed by atoms with Gasteiger partial charge in [0.05, 0.1) is 22.9 Å². The number of hydrogen-bond donors (Lipinski definition) is 1. The zero-order chi connectivity index (χ0) is 18.4. The van der Waals surface area contributed by atoms with Gasteiger partial charge in [0.2, 0.25) is 0 Å². The Morgan fingerprint density at radius 3 is 2.89 bits per heavy atom. The van der Waals surface area contributed by atoms with Gasteiger partial charge in [0.1, 0.15) is 11.3 Å². The summed E-state index contributed by atoms with van der Waals surface area (Å²) in [5.74, 6) is 0.587. The minimum Gasteiger partial charge on any atom is -0.494 e. The third-order valence-electron chi connectivity index (χ3n) is 4.97. The summed E-state index contributed by atoms with van der Waals surface area (Å²) in [5.41, 5.74) is 4.49. The van der Waals surface area contributed by atoms with Crippen molar-refractivity contribution >= 4 is 43.5 Å². The Labute approximate surface area is 160 Å². The summed E-state index contributed by atoms with van der Waals surface area (Å²) in [7, 11) is 1.62. The van der Waals surface area contributed by atoms with Crippen molar-refractivity contribution in [3.8, 4) is 5.75 Å². The van der Waals surface area contributed by atoms with Crippen LogP contribution in [0.1, 0.15) is 28.0 Å². The number of aromatic nitrogens is 2. The normalized spacial score (nSPS) is 13.1. The number of rotatable bonds is 3. The molecule has 0 bridgehead atoms. The van der Waals surface area contributed by atoms with Crippen molar-refractivity contribution in [2.75, 3.05) is 12.4 Å². The number of hydrogen-bond acceptors (Lipinski definition) is 5. The molecule has 6 heteroatoms. The lowest BCUT2D eigenvalue weighted by molar-refractivity contribution is 0.102. The van der Waals surface area contributed by atoms with Gasteiger partial charge in [0.15, 0.2) is 5.13 Å². The highest BCUT2D eigenvalue weighted by molar-refractivity contribution is 7.22. The Morgan fingerprint density at radius 2 is 2.00 bits per heavy atom. The van der Waals surface area contributed by atoms with Crippen molar-refractivity contribution in [2.24, 2.45) is 0 Å². The molecule has 0 unspecified atom stereocenters. The maximum atomic E-state index is 13.2. The SMILES string of the molecule is COc1cccc2sc(NC(=O)c3c4c(nc5ccccc35)CCC4)nc12. The van der Waals surface area contributed by atoms with Crippen molar-refractivity contribution < 1.29 is 9.53 Å². The maximum Gasteiger partial charge on any atom is 0.258 e. The van der Waals surface area contributed by atoms with Gasteiger partial charge in [-0.1, -0.05) is 35.6 Å². The van der Waals surface area contributed by atoms with Crippen LogP contribution in [-0.2, 0) is 12.8 Å². The van der Waals surface area contributed by atoms with E-state index in [0.717, 1.165) is 57.2 Å². The predicted molar refractivity (Wildman–Crippen MR) is 108 cm³/mol. The summed E-state index contributed by atoms with van der Waals surface area (Å²) in [4.78, 5) is 22.5. The molecular weight excluding hydrogens is 358 g/mol. The molecule has 2 heterocycles. The number of nitrogens with zero attached hydrogens (tertiary/aromatic N) is 2. The van der Waals surface area contributed by atoms with E-state index < -0.39 is 0 Å². The fourth-order valence-corrected chi connectivity index (χ4v) is 4.65. The molecule has 5 rings (SSSR count). The molecule has 0 aliphatic heterocycles. The first-order chi connectivity index (χ1) is 13.2. The van der Waals surface area contributed by atoms with Gasteiger partial charge in [-0.3, -0.25) is 15.1 Å². The third kappa shape index (κ3) is 2.64. The van der Waals surface area contributed by atoms with E-state index in [1.165, 1.54) is 11.3 Å². The van der Waals surface area contributed by atoms with Crippen LogP contribution in [0.3, 0.4) is 0 Å². The fraction of sp³-hybridized carbons (Fsp3) is 0.190. The molecule has 1 N–H and O–H groups in total. The molecule has 1 aliphatic rings.